The SMILES string of the molecule is CSc1ncccc1C(=O)N1CCC2(CCN(C(=O)CSc3nc(C)cc(C)n3)C2)CC1. The van der Waals surface area contributed by atoms with Crippen molar-refractivity contribution in [2.45, 2.75) is 43.3 Å². The van der Waals surface area contributed by atoms with Crippen LogP contribution in [0.3, 0.4) is 0 Å². The molecule has 4 rings (SSSR count). The quantitative estimate of drug-likeness (QED) is 0.488. The van der Waals surface area contributed by atoms with Crippen molar-refractivity contribution in [3.05, 3.63) is 41.3 Å². The number of thioether (sulfide) groups is 2. The summed E-state index contributed by atoms with van der Waals surface area (Å²) < 4.78 is 0. The first-order valence-corrected chi connectivity index (χ1v) is 13.1. The Bertz CT molecular complexity index is 987. The molecule has 7 nitrogen and oxygen atoms in total. The molecule has 2 fully saturated rings. The molecule has 2 amide bonds. The Morgan fingerprint density at radius 2 is 1.72 bits per heavy atom. The zero-order valence-corrected chi connectivity index (χ0v) is 20.5. The summed E-state index contributed by atoms with van der Waals surface area (Å²) in [6, 6.07) is 5.61. The van der Waals surface area contributed by atoms with Crippen molar-refractivity contribution in [2.24, 2.45) is 5.41 Å². The lowest BCUT2D eigenvalue weighted by molar-refractivity contribution is -0.127. The van der Waals surface area contributed by atoms with E-state index in [4.69, 9.17) is 0 Å². The number of aryl methyl sites for hydroxylation is 2. The molecular weight excluding hydrogens is 442 g/mol. The van der Waals surface area contributed by atoms with E-state index < -0.39 is 0 Å². The second-order valence-corrected chi connectivity index (χ2v) is 10.4. The molecule has 2 aliphatic heterocycles. The molecule has 0 bridgehead atoms. The third-order valence-electron chi connectivity index (χ3n) is 6.38. The van der Waals surface area contributed by atoms with Gasteiger partial charge in [0.1, 0.15) is 5.03 Å². The summed E-state index contributed by atoms with van der Waals surface area (Å²) in [5.74, 6) is 0.573. The van der Waals surface area contributed by atoms with Gasteiger partial charge in [0.05, 0.1) is 11.3 Å². The molecule has 2 aromatic heterocycles. The van der Waals surface area contributed by atoms with Gasteiger partial charge in [-0.25, -0.2) is 15.0 Å². The van der Waals surface area contributed by atoms with Gasteiger partial charge in [-0.2, -0.15) is 0 Å². The molecule has 32 heavy (non-hydrogen) atoms. The molecule has 0 aliphatic carbocycles. The van der Waals surface area contributed by atoms with Gasteiger partial charge in [0.2, 0.25) is 5.91 Å². The highest BCUT2D eigenvalue weighted by Gasteiger charge is 2.42. The number of pyridine rings is 1. The van der Waals surface area contributed by atoms with Crippen LogP contribution >= 0.6 is 23.5 Å². The number of likely N-dealkylation sites (tertiary alicyclic amines) is 2. The minimum Gasteiger partial charge on any atom is -0.341 e. The van der Waals surface area contributed by atoms with Gasteiger partial charge >= 0.3 is 0 Å². The number of hydrogen-bond donors (Lipinski definition) is 0. The lowest BCUT2D eigenvalue weighted by atomic mass is 9.77. The molecule has 0 saturated carbocycles. The standard InChI is InChI=1S/C23H29N5O2S2/c1-16-13-17(2)26-22(25-16)32-14-19(29)28-12-8-23(15-28)6-10-27(11-7-23)21(30)18-5-4-9-24-20(18)31-3/h4-5,9,13H,6-8,10-12,14-15H2,1-3H3. The van der Waals surface area contributed by atoms with Gasteiger partial charge in [0.15, 0.2) is 5.16 Å². The number of aromatic nitrogens is 3. The summed E-state index contributed by atoms with van der Waals surface area (Å²) in [7, 11) is 0. The normalized spacial score (nSPS) is 17.7. The van der Waals surface area contributed by atoms with Gasteiger partial charge in [-0.05, 0) is 63.0 Å². The fraction of sp³-hybridized carbons (Fsp3) is 0.522. The van der Waals surface area contributed by atoms with Crippen LogP contribution in [0.25, 0.3) is 0 Å². The molecule has 2 aromatic rings. The zero-order valence-electron chi connectivity index (χ0n) is 18.8. The van der Waals surface area contributed by atoms with Crippen molar-refractivity contribution in [1.29, 1.82) is 0 Å². The minimum absolute atomic E-state index is 0.0630. The highest BCUT2D eigenvalue weighted by atomic mass is 32.2. The smallest absolute Gasteiger partial charge is 0.256 e. The van der Waals surface area contributed by atoms with Crippen LogP contribution in [0.15, 0.2) is 34.6 Å². The van der Waals surface area contributed by atoms with Crippen molar-refractivity contribution in [3.63, 3.8) is 0 Å². The fourth-order valence-electron chi connectivity index (χ4n) is 4.60. The number of carbonyl (C=O) groups excluding carboxylic acids is 2. The van der Waals surface area contributed by atoms with Gasteiger partial charge in [-0.3, -0.25) is 9.59 Å². The Hall–Kier alpha value is -2.13. The summed E-state index contributed by atoms with van der Waals surface area (Å²) in [4.78, 5) is 42.9. The van der Waals surface area contributed by atoms with Gasteiger partial charge < -0.3 is 9.80 Å². The molecule has 0 radical (unpaired) electrons. The van der Waals surface area contributed by atoms with Crippen LogP contribution in [0, 0.1) is 19.3 Å². The number of carbonyl (C=O) groups is 2. The first kappa shape index (κ1) is 23.0. The number of amides is 2. The van der Waals surface area contributed by atoms with Gasteiger partial charge in [0.25, 0.3) is 5.91 Å². The van der Waals surface area contributed by atoms with Crippen LogP contribution in [0.4, 0.5) is 0 Å². The van der Waals surface area contributed by atoms with Crippen LogP contribution in [-0.2, 0) is 4.79 Å². The largest absolute Gasteiger partial charge is 0.341 e. The number of piperidine rings is 1. The Morgan fingerprint density at radius 3 is 2.38 bits per heavy atom. The Morgan fingerprint density at radius 1 is 1.06 bits per heavy atom. The summed E-state index contributed by atoms with van der Waals surface area (Å²) >= 11 is 2.91. The molecule has 0 unspecified atom stereocenters. The van der Waals surface area contributed by atoms with E-state index in [0.717, 1.165) is 61.9 Å². The van der Waals surface area contributed by atoms with E-state index in [1.54, 1.807) is 6.20 Å². The predicted molar refractivity (Wildman–Crippen MR) is 127 cm³/mol. The molecular formula is C23H29N5O2S2. The third-order valence-corrected chi connectivity index (χ3v) is 7.93. The molecule has 9 heteroatoms. The molecule has 2 saturated heterocycles. The summed E-state index contributed by atoms with van der Waals surface area (Å²) in [5.41, 5.74) is 2.66. The van der Waals surface area contributed by atoms with Gasteiger partial charge in [0, 0.05) is 43.8 Å². The number of hydrogen-bond acceptors (Lipinski definition) is 7. The van der Waals surface area contributed by atoms with E-state index in [1.807, 2.05) is 48.1 Å². The van der Waals surface area contributed by atoms with E-state index in [9.17, 15) is 9.59 Å². The van der Waals surface area contributed by atoms with E-state index in [2.05, 4.69) is 15.0 Å². The maximum atomic E-state index is 13.0. The van der Waals surface area contributed by atoms with Crippen LogP contribution in [0.5, 0.6) is 0 Å². The molecule has 0 N–H and O–H groups in total. The van der Waals surface area contributed by atoms with Crippen LogP contribution in [0.2, 0.25) is 0 Å². The predicted octanol–water partition coefficient (Wildman–Crippen LogP) is 3.46. The second-order valence-electron chi connectivity index (χ2n) is 8.64. The second kappa shape index (κ2) is 9.79. The Balaban J connectivity index is 1.30. The van der Waals surface area contributed by atoms with Crippen molar-refractivity contribution in [1.82, 2.24) is 24.8 Å². The fourth-order valence-corrected chi connectivity index (χ4v) is 6.00. The van der Waals surface area contributed by atoms with Crippen molar-refractivity contribution in [2.75, 3.05) is 38.2 Å². The average molecular weight is 472 g/mol. The van der Waals surface area contributed by atoms with Crippen molar-refractivity contribution < 1.29 is 9.59 Å². The van der Waals surface area contributed by atoms with E-state index >= 15 is 0 Å². The molecule has 0 atom stereocenters. The van der Waals surface area contributed by atoms with E-state index in [-0.39, 0.29) is 17.2 Å². The van der Waals surface area contributed by atoms with Gasteiger partial charge in [-0.15, -0.1) is 11.8 Å². The monoisotopic (exact) mass is 471 g/mol. The molecule has 0 aromatic carbocycles. The zero-order chi connectivity index (χ0) is 22.7. The summed E-state index contributed by atoms with van der Waals surface area (Å²) in [5, 5.41) is 1.44. The van der Waals surface area contributed by atoms with Crippen LogP contribution < -0.4 is 0 Å². The maximum Gasteiger partial charge on any atom is 0.256 e. The van der Waals surface area contributed by atoms with Crippen molar-refractivity contribution in [3.8, 4) is 0 Å². The highest BCUT2D eigenvalue weighted by Crippen LogP contribution is 2.41. The lowest BCUT2D eigenvalue weighted by Gasteiger charge is -2.39. The minimum atomic E-state index is 0.0630. The Labute approximate surface area is 197 Å². The van der Waals surface area contributed by atoms with Crippen LogP contribution in [0.1, 0.15) is 41.0 Å². The van der Waals surface area contributed by atoms with E-state index in [1.165, 1.54) is 23.5 Å². The summed E-state index contributed by atoms with van der Waals surface area (Å²) in [6.45, 7) is 6.92. The number of nitrogens with zero attached hydrogens (tertiary/aromatic N) is 5. The first-order valence-electron chi connectivity index (χ1n) is 10.9. The lowest BCUT2D eigenvalue weighted by Crippen LogP contribution is -2.45. The first-order chi connectivity index (χ1) is 15.4. The van der Waals surface area contributed by atoms with E-state index in [0.29, 0.717) is 16.5 Å². The third kappa shape index (κ3) is 5.09. The molecule has 2 aliphatic rings. The summed E-state index contributed by atoms with van der Waals surface area (Å²) in [6.07, 6.45) is 6.55. The van der Waals surface area contributed by atoms with Crippen LogP contribution in [-0.4, -0.2) is 74.8 Å². The Kier molecular flexibility index (Phi) is 7.05. The van der Waals surface area contributed by atoms with Crippen molar-refractivity contribution >= 4 is 35.3 Å². The average Bonchev–Trinajstić information content (AvgIpc) is 3.20. The number of rotatable bonds is 5. The molecule has 170 valence electrons. The maximum absolute atomic E-state index is 13.0. The van der Waals surface area contributed by atoms with Gasteiger partial charge in [-0.1, -0.05) is 11.8 Å². The molecule has 4 heterocycles. The topological polar surface area (TPSA) is 79.3 Å². The highest BCUT2D eigenvalue weighted by molar-refractivity contribution is 7.99. The molecule has 1 spiro atoms.